The summed E-state index contributed by atoms with van der Waals surface area (Å²) in [6, 6.07) is 0. The molecule has 0 aromatic heterocycles. The first-order valence-corrected chi connectivity index (χ1v) is 21.6. The lowest BCUT2D eigenvalue weighted by atomic mass is 10.2. The summed E-state index contributed by atoms with van der Waals surface area (Å²) < 4.78 is 0. The van der Waals surface area contributed by atoms with Crippen molar-refractivity contribution < 1.29 is 0 Å². The van der Waals surface area contributed by atoms with Gasteiger partial charge in [-0.1, -0.05) is 26.0 Å². The summed E-state index contributed by atoms with van der Waals surface area (Å²) in [5.74, 6) is 0. The third-order valence-corrected chi connectivity index (χ3v) is 8.85. The highest BCUT2D eigenvalue weighted by Gasteiger charge is 1.95. The molecular weight excluding hydrogens is 656 g/mol. The fraction of sp³-hybridized carbons (Fsp3) is 0.950. The van der Waals surface area contributed by atoms with Crippen molar-refractivity contribution in [3.05, 3.63) is 12.2 Å². The maximum absolute atomic E-state index is 3.61. The molecule has 0 saturated carbocycles. The highest BCUT2D eigenvalue weighted by molar-refractivity contribution is 5.85. The largest absolute Gasteiger partial charge is 0.317 e. The molecule has 0 amide bonds. The minimum absolute atomic E-state index is 0. The van der Waals surface area contributed by atoms with Gasteiger partial charge in [0.05, 0.1) is 0 Å². The van der Waals surface area contributed by atoms with E-state index in [2.05, 4.69) is 79.2 Å². The fourth-order valence-electron chi connectivity index (χ4n) is 5.64. The Morgan fingerprint density at radius 1 is 0.235 bits per heavy atom. The number of nitrogens with one attached hydrogen (secondary N) is 10. The van der Waals surface area contributed by atoms with Crippen molar-refractivity contribution in [3.63, 3.8) is 0 Å². The summed E-state index contributed by atoms with van der Waals surface area (Å²) in [4.78, 5) is 0. The summed E-state index contributed by atoms with van der Waals surface area (Å²) in [6.45, 7) is 26.8. The molecule has 51 heavy (non-hydrogen) atoms. The van der Waals surface area contributed by atoms with Gasteiger partial charge in [0.25, 0.3) is 0 Å². The lowest BCUT2D eigenvalue weighted by Crippen LogP contribution is -2.23. The average Bonchev–Trinajstić information content (AvgIpc) is 3.13. The molecule has 0 aliphatic carbocycles. The molecule has 0 bridgehead atoms. The van der Waals surface area contributed by atoms with Gasteiger partial charge in [-0.25, -0.2) is 0 Å². The van der Waals surface area contributed by atoms with Crippen LogP contribution in [0.15, 0.2) is 12.2 Å². The molecular formula is C40H91ClN10. The first-order valence-electron chi connectivity index (χ1n) is 21.6. The van der Waals surface area contributed by atoms with Crippen LogP contribution in [0.5, 0.6) is 0 Å². The van der Waals surface area contributed by atoms with E-state index in [1.165, 1.54) is 103 Å². The SMILES string of the molecule is CCNCCCCNCCCCNCCCCNCCCCNC/C=C\CNCCCCNCCCCNCCCCNCCCCNCC.Cl. The van der Waals surface area contributed by atoms with E-state index in [0.717, 1.165) is 131 Å². The van der Waals surface area contributed by atoms with Gasteiger partial charge in [0, 0.05) is 13.1 Å². The maximum Gasteiger partial charge on any atom is 0.0135 e. The smallest absolute Gasteiger partial charge is 0.0135 e. The van der Waals surface area contributed by atoms with Gasteiger partial charge in [-0.05, 0) is 221 Å². The lowest BCUT2D eigenvalue weighted by Gasteiger charge is -2.07. The molecule has 10 N–H and O–H groups in total. The first kappa shape index (κ1) is 52.7. The van der Waals surface area contributed by atoms with Gasteiger partial charge in [-0.3, -0.25) is 0 Å². The summed E-state index contributed by atoms with van der Waals surface area (Å²) in [6.07, 6.45) is 24.8. The maximum atomic E-state index is 3.61. The third-order valence-electron chi connectivity index (χ3n) is 8.85. The topological polar surface area (TPSA) is 120 Å². The highest BCUT2D eigenvalue weighted by atomic mass is 35.5. The Kier molecular flexibility index (Phi) is 53.5. The predicted octanol–water partition coefficient (Wildman–Crippen LogP) is 4.14. The van der Waals surface area contributed by atoms with Crippen molar-refractivity contribution in [1.29, 1.82) is 0 Å². The van der Waals surface area contributed by atoms with Crippen molar-refractivity contribution in [1.82, 2.24) is 53.2 Å². The van der Waals surface area contributed by atoms with Crippen LogP contribution in [0.1, 0.15) is 117 Å². The molecule has 0 radical (unpaired) electrons. The van der Waals surface area contributed by atoms with Crippen LogP contribution in [0.25, 0.3) is 0 Å². The normalized spacial score (nSPS) is 11.6. The summed E-state index contributed by atoms with van der Waals surface area (Å²) in [5, 5.41) is 35.4. The Morgan fingerprint density at radius 3 is 0.569 bits per heavy atom. The summed E-state index contributed by atoms with van der Waals surface area (Å²) >= 11 is 0. The van der Waals surface area contributed by atoms with E-state index in [4.69, 9.17) is 0 Å². The molecule has 0 atom stereocenters. The average molecular weight is 748 g/mol. The Morgan fingerprint density at radius 2 is 0.392 bits per heavy atom. The van der Waals surface area contributed by atoms with Crippen LogP contribution in [0, 0.1) is 0 Å². The molecule has 0 fully saturated rings. The Bertz CT molecular complexity index is 568. The summed E-state index contributed by atoms with van der Waals surface area (Å²) in [7, 11) is 0. The molecule has 0 aromatic carbocycles. The molecule has 0 aliphatic heterocycles. The Labute approximate surface area is 324 Å². The molecule has 0 aromatic rings. The Hall–Kier alpha value is -0.370. The molecule has 0 spiro atoms. The molecule has 308 valence electrons. The van der Waals surface area contributed by atoms with Crippen LogP contribution in [0.4, 0.5) is 0 Å². The molecule has 10 nitrogen and oxygen atoms in total. The molecule has 0 rings (SSSR count). The number of hydrogen-bond acceptors (Lipinski definition) is 10. The lowest BCUT2D eigenvalue weighted by molar-refractivity contribution is 0.538. The van der Waals surface area contributed by atoms with Crippen LogP contribution in [0.2, 0.25) is 0 Å². The number of hydrogen-bond donors (Lipinski definition) is 10. The van der Waals surface area contributed by atoms with Crippen molar-refractivity contribution in [2.75, 3.05) is 131 Å². The van der Waals surface area contributed by atoms with Crippen LogP contribution in [-0.2, 0) is 0 Å². The predicted molar refractivity (Wildman–Crippen MR) is 230 cm³/mol. The van der Waals surface area contributed by atoms with E-state index in [-0.39, 0.29) is 12.4 Å². The summed E-state index contributed by atoms with van der Waals surface area (Å²) in [5.41, 5.74) is 0. The van der Waals surface area contributed by atoms with E-state index in [9.17, 15) is 0 Å². The van der Waals surface area contributed by atoms with Gasteiger partial charge in [-0.15, -0.1) is 12.4 Å². The van der Waals surface area contributed by atoms with E-state index >= 15 is 0 Å². The van der Waals surface area contributed by atoms with Crippen LogP contribution in [0.3, 0.4) is 0 Å². The van der Waals surface area contributed by atoms with Crippen molar-refractivity contribution >= 4 is 12.4 Å². The fourth-order valence-corrected chi connectivity index (χ4v) is 5.64. The zero-order chi connectivity index (χ0) is 35.9. The van der Waals surface area contributed by atoms with E-state index < -0.39 is 0 Å². The minimum Gasteiger partial charge on any atom is -0.317 e. The van der Waals surface area contributed by atoms with Crippen molar-refractivity contribution in [3.8, 4) is 0 Å². The zero-order valence-corrected chi connectivity index (χ0v) is 34.8. The molecule has 0 unspecified atom stereocenters. The van der Waals surface area contributed by atoms with Gasteiger partial charge in [0.1, 0.15) is 0 Å². The van der Waals surface area contributed by atoms with E-state index in [1.807, 2.05) is 0 Å². The minimum atomic E-state index is 0. The standard InChI is InChI=1S/C40H90N10.ClH/c1-3-41-23-5-7-25-43-27-9-11-29-45-31-13-15-33-47-35-17-19-37-49-39-21-22-40-50-38-20-18-36-48-34-16-14-32-46-30-12-10-28-44-26-8-6-24-42-4-2;/h21-22,41-50H,3-20,23-40H2,1-2H3;1H/b22-21-;. The van der Waals surface area contributed by atoms with Crippen LogP contribution in [-0.4, -0.2) is 131 Å². The van der Waals surface area contributed by atoms with Crippen LogP contribution < -0.4 is 53.2 Å². The van der Waals surface area contributed by atoms with Gasteiger partial charge in [0.2, 0.25) is 0 Å². The first-order chi connectivity index (χ1) is 24.9. The second kappa shape index (κ2) is 51.7. The number of unbranched alkanes of at least 4 members (excludes halogenated alkanes) is 8. The molecule has 0 heterocycles. The highest BCUT2D eigenvalue weighted by Crippen LogP contribution is 1.92. The van der Waals surface area contributed by atoms with Crippen LogP contribution >= 0.6 is 12.4 Å². The van der Waals surface area contributed by atoms with Crippen molar-refractivity contribution in [2.24, 2.45) is 0 Å². The third kappa shape index (κ3) is 51.8. The second-order valence-electron chi connectivity index (χ2n) is 13.7. The van der Waals surface area contributed by atoms with Gasteiger partial charge in [-0.2, -0.15) is 0 Å². The second-order valence-corrected chi connectivity index (χ2v) is 13.7. The molecule has 0 aliphatic rings. The quantitative estimate of drug-likeness (QED) is 0.0329. The van der Waals surface area contributed by atoms with Gasteiger partial charge < -0.3 is 53.2 Å². The zero-order valence-electron chi connectivity index (χ0n) is 34.0. The van der Waals surface area contributed by atoms with Gasteiger partial charge >= 0.3 is 0 Å². The molecule has 0 saturated heterocycles. The Balaban J connectivity index is 0. The van der Waals surface area contributed by atoms with Gasteiger partial charge in [0.15, 0.2) is 0 Å². The number of rotatable bonds is 46. The number of halogens is 1. The monoisotopic (exact) mass is 747 g/mol. The van der Waals surface area contributed by atoms with E-state index in [1.54, 1.807) is 0 Å². The molecule has 11 heteroatoms. The van der Waals surface area contributed by atoms with E-state index in [0.29, 0.717) is 0 Å². The van der Waals surface area contributed by atoms with Crippen molar-refractivity contribution in [2.45, 2.75) is 117 Å².